The van der Waals surface area contributed by atoms with Gasteiger partial charge in [-0.1, -0.05) is 18.2 Å². The maximum absolute atomic E-state index is 8.59. The highest BCUT2D eigenvalue weighted by atomic mass is 32.2. The van der Waals surface area contributed by atoms with Crippen molar-refractivity contribution in [1.29, 1.82) is 5.26 Å². The summed E-state index contributed by atoms with van der Waals surface area (Å²) in [6.07, 6.45) is 3.04. The number of hydrogen-bond acceptors (Lipinski definition) is 5. The summed E-state index contributed by atoms with van der Waals surface area (Å²) in [4.78, 5) is 9.28. The van der Waals surface area contributed by atoms with Gasteiger partial charge in [0.05, 0.1) is 12.4 Å². The number of nitriles is 1. The Labute approximate surface area is 110 Å². The smallest absolute Gasteiger partial charge is 0.158 e. The van der Waals surface area contributed by atoms with Crippen LogP contribution in [0.25, 0.3) is 0 Å². The van der Waals surface area contributed by atoms with Gasteiger partial charge in [-0.15, -0.1) is 11.8 Å². The molecule has 0 aliphatic rings. The summed E-state index contributed by atoms with van der Waals surface area (Å²) in [6.45, 7) is 0.806. The van der Waals surface area contributed by atoms with Gasteiger partial charge in [0.15, 0.2) is 5.69 Å². The van der Waals surface area contributed by atoms with Crippen LogP contribution in [0.1, 0.15) is 5.69 Å². The zero-order chi connectivity index (χ0) is 12.6. The molecule has 5 heteroatoms. The van der Waals surface area contributed by atoms with Gasteiger partial charge in [0, 0.05) is 17.2 Å². The van der Waals surface area contributed by atoms with Gasteiger partial charge in [-0.2, -0.15) is 5.26 Å². The van der Waals surface area contributed by atoms with Crippen molar-refractivity contribution in [3.8, 4) is 6.07 Å². The molecule has 1 heterocycles. The second-order valence-corrected chi connectivity index (χ2v) is 4.66. The quantitative estimate of drug-likeness (QED) is 0.658. The fourth-order valence-corrected chi connectivity index (χ4v) is 2.13. The third-order valence-corrected chi connectivity index (χ3v) is 3.20. The lowest BCUT2D eigenvalue weighted by molar-refractivity contribution is 1.11. The summed E-state index contributed by atoms with van der Waals surface area (Å²) < 4.78 is 0. The number of thioether (sulfide) groups is 1. The van der Waals surface area contributed by atoms with Gasteiger partial charge >= 0.3 is 0 Å². The highest BCUT2D eigenvalue weighted by Crippen LogP contribution is 2.16. The summed E-state index contributed by atoms with van der Waals surface area (Å²) in [5.74, 6) is 1.65. The van der Waals surface area contributed by atoms with Crippen LogP contribution < -0.4 is 5.32 Å². The van der Waals surface area contributed by atoms with E-state index in [1.165, 1.54) is 11.1 Å². The molecule has 0 atom stereocenters. The lowest BCUT2D eigenvalue weighted by Gasteiger charge is -2.04. The van der Waals surface area contributed by atoms with E-state index in [4.69, 9.17) is 5.26 Å². The van der Waals surface area contributed by atoms with Crippen molar-refractivity contribution in [3.05, 3.63) is 48.4 Å². The van der Waals surface area contributed by atoms with Crippen molar-refractivity contribution in [1.82, 2.24) is 9.97 Å². The van der Waals surface area contributed by atoms with E-state index in [-0.39, 0.29) is 0 Å². The number of anilines is 1. The first-order valence-electron chi connectivity index (χ1n) is 5.52. The predicted octanol–water partition coefficient (Wildman–Crippen LogP) is 2.55. The largest absolute Gasteiger partial charge is 0.368 e. The minimum Gasteiger partial charge on any atom is -0.368 e. The molecule has 0 unspecified atom stereocenters. The molecule has 1 aromatic carbocycles. The van der Waals surface area contributed by atoms with Crippen molar-refractivity contribution in [2.75, 3.05) is 17.6 Å². The second-order valence-electron chi connectivity index (χ2n) is 3.49. The minimum absolute atomic E-state index is 0.333. The van der Waals surface area contributed by atoms with E-state index in [0.717, 1.165) is 12.3 Å². The van der Waals surface area contributed by atoms with Gasteiger partial charge in [-0.3, -0.25) is 0 Å². The molecule has 4 nitrogen and oxygen atoms in total. The Hall–Kier alpha value is -2.06. The number of benzene rings is 1. The third kappa shape index (κ3) is 3.75. The van der Waals surface area contributed by atoms with Crippen LogP contribution in [0.3, 0.4) is 0 Å². The fraction of sp³-hybridized carbons (Fsp3) is 0.154. The maximum atomic E-state index is 8.59. The van der Waals surface area contributed by atoms with E-state index in [1.54, 1.807) is 18.0 Å². The van der Waals surface area contributed by atoms with Crippen LogP contribution in [0.2, 0.25) is 0 Å². The van der Waals surface area contributed by atoms with Gasteiger partial charge in [0.2, 0.25) is 0 Å². The van der Waals surface area contributed by atoms with E-state index in [2.05, 4.69) is 27.4 Å². The zero-order valence-corrected chi connectivity index (χ0v) is 10.5. The monoisotopic (exact) mass is 256 g/mol. The topological polar surface area (TPSA) is 61.6 Å². The van der Waals surface area contributed by atoms with Crippen molar-refractivity contribution >= 4 is 17.6 Å². The highest BCUT2D eigenvalue weighted by Gasteiger charge is 1.96. The minimum atomic E-state index is 0.333. The molecule has 2 rings (SSSR count). The van der Waals surface area contributed by atoms with E-state index < -0.39 is 0 Å². The van der Waals surface area contributed by atoms with E-state index in [1.807, 2.05) is 24.3 Å². The van der Waals surface area contributed by atoms with Crippen LogP contribution in [-0.2, 0) is 0 Å². The summed E-state index contributed by atoms with van der Waals surface area (Å²) in [5.41, 5.74) is 0.333. The maximum Gasteiger partial charge on any atom is 0.158 e. The highest BCUT2D eigenvalue weighted by molar-refractivity contribution is 7.99. The molecule has 0 saturated carbocycles. The van der Waals surface area contributed by atoms with E-state index >= 15 is 0 Å². The first-order chi connectivity index (χ1) is 8.88. The number of rotatable bonds is 5. The Bertz CT molecular complexity index is 519. The Balaban J connectivity index is 1.74. The lowest BCUT2D eigenvalue weighted by Crippen LogP contribution is -2.06. The van der Waals surface area contributed by atoms with Crippen LogP contribution in [0.4, 0.5) is 5.82 Å². The van der Waals surface area contributed by atoms with Crippen molar-refractivity contribution in [2.45, 2.75) is 4.90 Å². The van der Waals surface area contributed by atoms with E-state index in [0.29, 0.717) is 11.5 Å². The second kappa shape index (κ2) is 6.62. The average Bonchev–Trinajstić information content (AvgIpc) is 2.45. The van der Waals surface area contributed by atoms with Crippen LogP contribution in [-0.4, -0.2) is 22.3 Å². The van der Waals surface area contributed by atoms with Crippen LogP contribution in [0.5, 0.6) is 0 Å². The Kier molecular flexibility index (Phi) is 4.56. The number of aromatic nitrogens is 2. The van der Waals surface area contributed by atoms with Crippen LogP contribution in [0.15, 0.2) is 47.6 Å². The Morgan fingerprint density at radius 2 is 2.00 bits per heavy atom. The van der Waals surface area contributed by atoms with Crippen molar-refractivity contribution in [3.63, 3.8) is 0 Å². The molecule has 0 aliphatic heterocycles. The summed E-state index contributed by atoms with van der Waals surface area (Å²) >= 11 is 1.78. The SMILES string of the molecule is N#Cc1cnc(NCCSc2ccccc2)cn1. The fourth-order valence-electron chi connectivity index (χ4n) is 1.34. The summed E-state index contributed by atoms with van der Waals surface area (Å²) in [6, 6.07) is 12.2. The first-order valence-corrected chi connectivity index (χ1v) is 6.51. The van der Waals surface area contributed by atoms with Crippen LogP contribution in [0, 0.1) is 11.3 Å². The molecular weight excluding hydrogens is 244 g/mol. The normalized spacial score (nSPS) is 9.72. The van der Waals surface area contributed by atoms with E-state index in [9.17, 15) is 0 Å². The molecule has 1 N–H and O–H groups in total. The molecule has 90 valence electrons. The zero-order valence-electron chi connectivity index (χ0n) is 9.71. The Morgan fingerprint density at radius 3 is 2.67 bits per heavy atom. The van der Waals surface area contributed by atoms with Crippen LogP contribution >= 0.6 is 11.8 Å². The molecule has 18 heavy (non-hydrogen) atoms. The summed E-state index contributed by atoms with van der Waals surface area (Å²) in [5, 5.41) is 11.8. The number of nitrogens with one attached hydrogen (secondary N) is 1. The predicted molar refractivity (Wildman–Crippen MR) is 72.4 cm³/mol. The number of nitrogens with zero attached hydrogens (tertiary/aromatic N) is 3. The standard InChI is InChI=1S/C13H12N4S/c14-8-11-9-17-13(10-16-11)15-6-7-18-12-4-2-1-3-5-12/h1-5,9-10H,6-7H2,(H,15,17). The molecule has 2 aromatic rings. The van der Waals surface area contributed by atoms with Gasteiger partial charge in [-0.25, -0.2) is 9.97 Å². The van der Waals surface area contributed by atoms with Gasteiger partial charge in [-0.05, 0) is 12.1 Å². The lowest BCUT2D eigenvalue weighted by atomic mass is 10.4. The van der Waals surface area contributed by atoms with Gasteiger partial charge in [0.25, 0.3) is 0 Å². The molecule has 0 fully saturated rings. The summed E-state index contributed by atoms with van der Waals surface area (Å²) in [7, 11) is 0. The van der Waals surface area contributed by atoms with Gasteiger partial charge < -0.3 is 5.32 Å². The molecule has 0 spiro atoms. The molecule has 0 saturated heterocycles. The van der Waals surface area contributed by atoms with Crippen molar-refractivity contribution < 1.29 is 0 Å². The van der Waals surface area contributed by atoms with Gasteiger partial charge in [0.1, 0.15) is 11.9 Å². The molecule has 0 bridgehead atoms. The Morgan fingerprint density at radius 1 is 1.17 bits per heavy atom. The third-order valence-electron chi connectivity index (χ3n) is 2.19. The molecule has 1 aromatic heterocycles. The average molecular weight is 256 g/mol. The molecular formula is C13H12N4S. The molecule has 0 amide bonds. The first kappa shape index (κ1) is 12.4. The molecule has 0 radical (unpaired) electrons. The molecule has 0 aliphatic carbocycles. The van der Waals surface area contributed by atoms with Crippen molar-refractivity contribution in [2.24, 2.45) is 0 Å². The number of hydrogen-bond donors (Lipinski definition) is 1.